The Morgan fingerprint density at radius 3 is 2.42 bits per heavy atom. The van der Waals surface area contributed by atoms with Crippen molar-refractivity contribution in [3.8, 4) is 0 Å². The number of halogens is 1. The van der Waals surface area contributed by atoms with E-state index >= 15 is 0 Å². The number of thiophene rings is 1. The summed E-state index contributed by atoms with van der Waals surface area (Å²) in [6.07, 6.45) is 5.46. The molecule has 3 rings (SSSR count). The zero-order chi connectivity index (χ0) is 16.9. The maximum atomic E-state index is 6.07. The zero-order valence-electron chi connectivity index (χ0n) is 15.2. The maximum Gasteiger partial charge on any atom is 0.0931 e. The lowest BCUT2D eigenvalue weighted by Gasteiger charge is -2.41. The quantitative estimate of drug-likeness (QED) is 0.749. The summed E-state index contributed by atoms with van der Waals surface area (Å²) in [6.45, 7) is 10.9. The van der Waals surface area contributed by atoms with Crippen molar-refractivity contribution >= 4 is 22.9 Å². The molecule has 2 aliphatic rings. The first-order valence-corrected chi connectivity index (χ1v) is 10.7. The van der Waals surface area contributed by atoms with Gasteiger partial charge < -0.3 is 9.80 Å². The molecule has 2 fully saturated rings. The number of hydrogen-bond donors (Lipinski definition) is 0. The van der Waals surface area contributed by atoms with E-state index in [2.05, 4.69) is 34.7 Å². The Morgan fingerprint density at radius 1 is 1.12 bits per heavy atom. The van der Waals surface area contributed by atoms with Crippen LogP contribution in [0.25, 0.3) is 0 Å². The van der Waals surface area contributed by atoms with Gasteiger partial charge in [-0.2, -0.15) is 0 Å². The molecule has 0 amide bonds. The molecule has 0 N–H and O–H groups in total. The highest BCUT2D eigenvalue weighted by Crippen LogP contribution is 2.26. The van der Waals surface area contributed by atoms with Gasteiger partial charge in [0.2, 0.25) is 0 Å². The van der Waals surface area contributed by atoms with Gasteiger partial charge in [0.15, 0.2) is 0 Å². The molecule has 0 bridgehead atoms. The van der Waals surface area contributed by atoms with Crippen LogP contribution in [0.15, 0.2) is 12.1 Å². The van der Waals surface area contributed by atoms with Crippen molar-refractivity contribution in [1.82, 2.24) is 14.7 Å². The highest BCUT2D eigenvalue weighted by molar-refractivity contribution is 7.16. The Labute approximate surface area is 156 Å². The van der Waals surface area contributed by atoms with Crippen LogP contribution in [0.4, 0.5) is 0 Å². The minimum Gasteiger partial charge on any atom is -0.306 e. The fourth-order valence-electron chi connectivity index (χ4n) is 4.19. The van der Waals surface area contributed by atoms with E-state index in [9.17, 15) is 0 Å². The monoisotopic (exact) mass is 369 g/mol. The van der Waals surface area contributed by atoms with Crippen LogP contribution in [0, 0.1) is 5.92 Å². The molecular formula is C19H32ClN3S. The van der Waals surface area contributed by atoms with Gasteiger partial charge in [0, 0.05) is 24.0 Å². The highest BCUT2D eigenvalue weighted by Gasteiger charge is 2.27. The summed E-state index contributed by atoms with van der Waals surface area (Å²) < 4.78 is 0.910. The molecule has 3 nitrogen and oxygen atoms in total. The minimum atomic E-state index is 0.845. The van der Waals surface area contributed by atoms with Crippen molar-refractivity contribution < 1.29 is 0 Å². The molecule has 2 saturated heterocycles. The van der Waals surface area contributed by atoms with E-state index in [0.717, 1.165) is 29.4 Å². The first-order valence-electron chi connectivity index (χ1n) is 9.53. The number of nitrogens with zero attached hydrogens (tertiary/aromatic N) is 3. The van der Waals surface area contributed by atoms with Gasteiger partial charge in [0.05, 0.1) is 4.34 Å². The van der Waals surface area contributed by atoms with Crippen molar-refractivity contribution in [2.24, 2.45) is 5.92 Å². The molecule has 3 heterocycles. The van der Waals surface area contributed by atoms with Crippen LogP contribution in [-0.2, 0) is 6.54 Å². The van der Waals surface area contributed by atoms with Gasteiger partial charge in [-0.15, -0.1) is 11.3 Å². The molecule has 1 aromatic heterocycles. The summed E-state index contributed by atoms with van der Waals surface area (Å²) in [6, 6.07) is 5.05. The summed E-state index contributed by atoms with van der Waals surface area (Å²) in [5.74, 6) is 0.864. The van der Waals surface area contributed by atoms with Crippen molar-refractivity contribution in [3.63, 3.8) is 0 Å². The lowest BCUT2D eigenvalue weighted by atomic mass is 9.93. The van der Waals surface area contributed by atoms with Gasteiger partial charge in [-0.05, 0) is 83.5 Å². The summed E-state index contributed by atoms with van der Waals surface area (Å²) in [7, 11) is 2.25. The number of hydrogen-bond acceptors (Lipinski definition) is 4. The third kappa shape index (κ3) is 5.18. The first-order chi connectivity index (χ1) is 11.6. The van der Waals surface area contributed by atoms with E-state index in [4.69, 9.17) is 11.6 Å². The second-order valence-corrected chi connectivity index (χ2v) is 9.35. The van der Waals surface area contributed by atoms with E-state index < -0.39 is 0 Å². The third-order valence-electron chi connectivity index (χ3n) is 5.83. The van der Waals surface area contributed by atoms with Gasteiger partial charge in [-0.1, -0.05) is 18.5 Å². The number of likely N-dealkylation sites (tertiary alicyclic amines) is 2. The summed E-state index contributed by atoms with van der Waals surface area (Å²) in [5.41, 5.74) is 0. The predicted octanol–water partition coefficient (Wildman–Crippen LogP) is 4.03. The third-order valence-corrected chi connectivity index (χ3v) is 7.04. The number of rotatable bonds is 6. The zero-order valence-corrected chi connectivity index (χ0v) is 16.8. The Kier molecular flexibility index (Phi) is 6.99. The van der Waals surface area contributed by atoms with Crippen LogP contribution in [-0.4, -0.2) is 67.1 Å². The Balaban J connectivity index is 1.42. The smallest absolute Gasteiger partial charge is 0.0931 e. The minimum absolute atomic E-state index is 0.845. The molecule has 0 atom stereocenters. The second kappa shape index (κ2) is 9.00. The van der Waals surface area contributed by atoms with Gasteiger partial charge in [-0.3, -0.25) is 4.90 Å². The Hall–Kier alpha value is -0.130. The topological polar surface area (TPSA) is 9.72 Å². The van der Waals surface area contributed by atoms with Gasteiger partial charge >= 0.3 is 0 Å². The second-order valence-electron chi connectivity index (χ2n) is 7.55. The maximum absolute atomic E-state index is 6.07. The molecule has 0 saturated carbocycles. The average Bonchev–Trinajstić information content (AvgIpc) is 3.01. The highest BCUT2D eigenvalue weighted by atomic mass is 35.5. The van der Waals surface area contributed by atoms with Crippen molar-refractivity contribution in [3.05, 3.63) is 21.3 Å². The standard InChI is InChI=1S/C19H32ClN3S/c1-3-22(15-18-4-5-19(20)24-18)14-16-6-12-23(13-7-16)17-8-10-21(2)11-9-17/h4-5,16-17H,3,6-15H2,1-2H3. The van der Waals surface area contributed by atoms with Crippen LogP contribution in [0.5, 0.6) is 0 Å². The molecule has 0 aromatic carbocycles. The van der Waals surface area contributed by atoms with Crippen LogP contribution in [0.2, 0.25) is 4.34 Å². The SMILES string of the molecule is CCN(Cc1ccc(Cl)s1)CC1CCN(C2CCN(C)CC2)CC1. The summed E-state index contributed by atoms with van der Waals surface area (Å²) in [4.78, 5) is 9.24. The molecule has 136 valence electrons. The fraction of sp³-hybridized carbons (Fsp3) is 0.789. The largest absolute Gasteiger partial charge is 0.306 e. The van der Waals surface area contributed by atoms with Gasteiger partial charge in [-0.25, -0.2) is 0 Å². The predicted molar refractivity (Wildman–Crippen MR) is 105 cm³/mol. The van der Waals surface area contributed by atoms with Gasteiger partial charge in [0.1, 0.15) is 0 Å². The van der Waals surface area contributed by atoms with Crippen LogP contribution in [0.3, 0.4) is 0 Å². The van der Waals surface area contributed by atoms with Crippen molar-refractivity contribution in [2.75, 3.05) is 46.3 Å². The normalized spacial score (nSPS) is 22.5. The molecule has 1 aromatic rings. The average molecular weight is 370 g/mol. The fourth-order valence-corrected chi connectivity index (χ4v) is 5.32. The van der Waals surface area contributed by atoms with E-state index in [1.165, 1.54) is 63.3 Å². The van der Waals surface area contributed by atoms with Crippen LogP contribution < -0.4 is 0 Å². The molecule has 24 heavy (non-hydrogen) atoms. The van der Waals surface area contributed by atoms with Crippen molar-refractivity contribution in [1.29, 1.82) is 0 Å². The molecule has 2 aliphatic heterocycles. The van der Waals surface area contributed by atoms with E-state index in [0.29, 0.717) is 0 Å². The molecule has 0 radical (unpaired) electrons. The summed E-state index contributed by atoms with van der Waals surface area (Å²) >= 11 is 7.79. The van der Waals surface area contributed by atoms with E-state index in [1.807, 2.05) is 6.07 Å². The summed E-state index contributed by atoms with van der Waals surface area (Å²) in [5, 5.41) is 0. The van der Waals surface area contributed by atoms with Gasteiger partial charge in [0.25, 0.3) is 0 Å². The molecule has 5 heteroatoms. The molecule has 0 unspecified atom stereocenters. The van der Waals surface area contributed by atoms with E-state index in [1.54, 1.807) is 11.3 Å². The first kappa shape index (κ1) is 18.7. The number of piperidine rings is 2. The Bertz CT molecular complexity index is 491. The molecular weight excluding hydrogens is 338 g/mol. The van der Waals surface area contributed by atoms with Crippen molar-refractivity contribution in [2.45, 2.75) is 45.2 Å². The lowest BCUT2D eigenvalue weighted by Crippen LogP contribution is -2.47. The van der Waals surface area contributed by atoms with Crippen LogP contribution >= 0.6 is 22.9 Å². The molecule has 0 aliphatic carbocycles. The lowest BCUT2D eigenvalue weighted by molar-refractivity contribution is 0.0747. The van der Waals surface area contributed by atoms with E-state index in [-0.39, 0.29) is 0 Å². The Morgan fingerprint density at radius 2 is 1.83 bits per heavy atom. The van der Waals surface area contributed by atoms with Crippen LogP contribution in [0.1, 0.15) is 37.5 Å². The molecule has 0 spiro atoms.